The van der Waals surface area contributed by atoms with Gasteiger partial charge >= 0.3 is 0 Å². The fourth-order valence-corrected chi connectivity index (χ4v) is 3.06. The molecule has 5 heteroatoms. The normalized spacial score (nSPS) is 12.2. The van der Waals surface area contributed by atoms with E-state index in [0.717, 1.165) is 21.9 Å². The van der Waals surface area contributed by atoms with Gasteiger partial charge in [0.05, 0.1) is 0 Å². The second-order valence-corrected chi connectivity index (χ2v) is 6.08. The Hall–Kier alpha value is -0.850. The van der Waals surface area contributed by atoms with Gasteiger partial charge in [0, 0.05) is 14.7 Å². The standard InChI is InChI=1S/C12H17IN4/c1-4-5-12(2,3)9-6-8(13)10-11(14)15-7-16-17(9)10/h6-7H,4-5H2,1-3H3,(H2,14,15,16). The van der Waals surface area contributed by atoms with Gasteiger partial charge in [-0.15, -0.1) is 0 Å². The van der Waals surface area contributed by atoms with Crippen LogP contribution < -0.4 is 5.73 Å². The second kappa shape index (κ2) is 4.44. The van der Waals surface area contributed by atoms with Crippen molar-refractivity contribution >= 4 is 33.9 Å². The molecule has 2 rings (SSSR count). The van der Waals surface area contributed by atoms with Crippen molar-refractivity contribution in [3.05, 3.63) is 21.7 Å². The quantitative estimate of drug-likeness (QED) is 0.871. The van der Waals surface area contributed by atoms with Gasteiger partial charge in [-0.2, -0.15) is 5.10 Å². The van der Waals surface area contributed by atoms with E-state index in [-0.39, 0.29) is 5.41 Å². The number of hydrogen-bond acceptors (Lipinski definition) is 3. The van der Waals surface area contributed by atoms with E-state index >= 15 is 0 Å². The molecule has 0 aliphatic heterocycles. The van der Waals surface area contributed by atoms with E-state index < -0.39 is 0 Å². The molecule has 17 heavy (non-hydrogen) atoms. The second-order valence-electron chi connectivity index (χ2n) is 4.92. The summed E-state index contributed by atoms with van der Waals surface area (Å²) in [6.45, 7) is 6.69. The summed E-state index contributed by atoms with van der Waals surface area (Å²) in [6.07, 6.45) is 3.79. The molecule has 0 radical (unpaired) electrons. The molecule has 0 fully saturated rings. The summed E-state index contributed by atoms with van der Waals surface area (Å²) >= 11 is 2.29. The van der Waals surface area contributed by atoms with Gasteiger partial charge in [-0.3, -0.25) is 0 Å². The number of rotatable bonds is 3. The Morgan fingerprint density at radius 3 is 2.82 bits per heavy atom. The molecule has 2 heterocycles. The molecule has 0 amide bonds. The van der Waals surface area contributed by atoms with Crippen molar-refractivity contribution in [2.75, 3.05) is 5.73 Å². The topological polar surface area (TPSA) is 56.2 Å². The van der Waals surface area contributed by atoms with E-state index in [1.165, 1.54) is 12.0 Å². The number of halogens is 1. The summed E-state index contributed by atoms with van der Waals surface area (Å²) in [5.41, 5.74) is 8.14. The highest BCUT2D eigenvalue weighted by atomic mass is 127. The van der Waals surface area contributed by atoms with Crippen molar-refractivity contribution in [3.8, 4) is 0 Å². The summed E-state index contributed by atoms with van der Waals surface area (Å²) in [5, 5.41) is 4.33. The largest absolute Gasteiger partial charge is 0.382 e. The minimum absolute atomic E-state index is 0.0991. The van der Waals surface area contributed by atoms with Crippen LogP contribution in [0.5, 0.6) is 0 Å². The van der Waals surface area contributed by atoms with Crippen molar-refractivity contribution in [1.82, 2.24) is 14.6 Å². The third kappa shape index (κ3) is 2.12. The smallest absolute Gasteiger partial charge is 0.152 e. The van der Waals surface area contributed by atoms with Crippen molar-refractivity contribution < 1.29 is 0 Å². The van der Waals surface area contributed by atoms with Crippen LogP contribution in [-0.2, 0) is 5.41 Å². The zero-order valence-electron chi connectivity index (χ0n) is 10.4. The minimum atomic E-state index is 0.0991. The fraction of sp³-hybridized carbons (Fsp3) is 0.500. The number of nitrogen functional groups attached to an aromatic ring is 1. The van der Waals surface area contributed by atoms with Crippen LogP contribution in [0.1, 0.15) is 39.3 Å². The molecular weight excluding hydrogens is 327 g/mol. The van der Waals surface area contributed by atoms with Crippen LogP contribution >= 0.6 is 22.6 Å². The van der Waals surface area contributed by atoms with Gasteiger partial charge in [0.1, 0.15) is 11.8 Å². The summed E-state index contributed by atoms with van der Waals surface area (Å²) in [5.74, 6) is 0.544. The SMILES string of the molecule is CCCC(C)(C)c1cc(I)c2c(N)ncnn12. The highest BCUT2D eigenvalue weighted by Crippen LogP contribution is 2.32. The Morgan fingerprint density at radius 2 is 2.18 bits per heavy atom. The third-order valence-electron chi connectivity index (χ3n) is 3.10. The molecule has 0 aliphatic rings. The molecule has 2 aromatic rings. The predicted octanol–water partition coefficient (Wildman–Crippen LogP) is 2.99. The lowest BCUT2D eigenvalue weighted by Crippen LogP contribution is -2.20. The van der Waals surface area contributed by atoms with Gasteiger partial charge in [-0.05, 0) is 35.1 Å². The number of fused-ring (bicyclic) bond motifs is 1. The Balaban J connectivity index is 2.68. The van der Waals surface area contributed by atoms with E-state index in [0.29, 0.717) is 5.82 Å². The Labute approximate surface area is 115 Å². The van der Waals surface area contributed by atoms with E-state index in [9.17, 15) is 0 Å². The monoisotopic (exact) mass is 344 g/mol. The van der Waals surface area contributed by atoms with Gasteiger partial charge in [-0.1, -0.05) is 27.2 Å². The number of anilines is 1. The first-order chi connectivity index (χ1) is 7.97. The average molecular weight is 344 g/mol. The van der Waals surface area contributed by atoms with Crippen LogP contribution in [-0.4, -0.2) is 14.6 Å². The highest BCUT2D eigenvalue weighted by Gasteiger charge is 2.25. The molecule has 2 aromatic heterocycles. The van der Waals surface area contributed by atoms with Gasteiger partial charge in [0.15, 0.2) is 5.82 Å². The number of hydrogen-bond donors (Lipinski definition) is 1. The van der Waals surface area contributed by atoms with Crippen LogP contribution in [0.15, 0.2) is 12.4 Å². The summed E-state index contributed by atoms with van der Waals surface area (Å²) in [4.78, 5) is 4.05. The molecule has 0 saturated carbocycles. The number of nitrogens with zero attached hydrogens (tertiary/aromatic N) is 3. The average Bonchev–Trinajstić information content (AvgIpc) is 2.58. The maximum absolute atomic E-state index is 5.91. The summed E-state index contributed by atoms with van der Waals surface area (Å²) in [6, 6.07) is 2.16. The van der Waals surface area contributed by atoms with Crippen LogP contribution in [0.2, 0.25) is 0 Å². The minimum Gasteiger partial charge on any atom is -0.382 e. The fourth-order valence-electron chi connectivity index (χ4n) is 2.26. The van der Waals surface area contributed by atoms with Crippen molar-refractivity contribution in [2.45, 2.75) is 39.0 Å². The molecule has 0 saturated heterocycles. The maximum Gasteiger partial charge on any atom is 0.152 e. The van der Waals surface area contributed by atoms with Crippen molar-refractivity contribution in [2.24, 2.45) is 0 Å². The van der Waals surface area contributed by atoms with E-state index in [1.54, 1.807) is 0 Å². The lowest BCUT2D eigenvalue weighted by molar-refractivity contribution is 0.450. The Kier molecular flexibility index (Phi) is 3.29. The van der Waals surface area contributed by atoms with E-state index in [1.807, 2.05) is 4.52 Å². The first kappa shape index (κ1) is 12.6. The zero-order valence-corrected chi connectivity index (χ0v) is 12.5. The number of aromatic nitrogens is 3. The molecule has 0 aliphatic carbocycles. The summed E-state index contributed by atoms with van der Waals surface area (Å²) < 4.78 is 3.04. The molecule has 0 spiro atoms. The van der Waals surface area contributed by atoms with Crippen LogP contribution in [0.4, 0.5) is 5.82 Å². The first-order valence-corrected chi connectivity index (χ1v) is 6.83. The van der Waals surface area contributed by atoms with Gasteiger partial charge < -0.3 is 5.73 Å². The lowest BCUT2D eigenvalue weighted by Gasteiger charge is -2.23. The van der Waals surface area contributed by atoms with Gasteiger partial charge in [-0.25, -0.2) is 9.50 Å². The van der Waals surface area contributed by atoms with Crippen LogP contribution in [0.3, 0.4) is 0 Å². The third-order valence-corrected chi connectivity index (χ3v) is 3.93. The zero-order chi connectivity index (χ0) is 12.6. The Bertz CT molecular complexity index is 545. The molecule has 0 aromatic carbocycles. The van der Waals surface area contributed by atoms with Gasteiger partial charge in [0.2, 0.25) is 0 Å². The lowest BCUT2D eigenvalue weighted by atomic mass is 9.85. The maximum atomic E-state index is 5.91. The molecular formula is C12H17IN4. The van der Waals surface area contributed by atoms with Crippen LogP contribution in [0.25, 0.3) is 5.52 Å². The van der Waals surface area contributed by atoms with Crippen molar-refractivity contribution in [3.63, 3.8) is 0 Å². The molecule has 4 nitrogen and oxygen atoms in total. The molecule has 0 bridgehead atoms. The molecule has 92 valence electrons. The predicted molar refractivity (Wildman–Crippen MR) is 78.1 cm³/mol. The van der Waals surface area contributed by atoms with E-state index in [2.05, 4.69) is 59.5 Å². The first-order valence-electron chi connectivity index (χ1n) is 5.75. The summed E-state index contributed by atoms with van der Waals surface area (Å²) in [7, 11) is 0. The Morgan fingerprint density at radius 1 is 1.47 bits per heavy atom. The van der Waals surface area contributed by atoms with Gasteiger partial charge in [0.25, 0.3) is 0 Å². The highest BCUT2D eigenvalue weighted by molar-refractivity contribution is 14.1. The van der Waals surface area contributed by atoms with E-state index in [4.69, 9.17) is 5.73 Å². The van der Waals surface area contributed by atoms with Crippen molar-refractivity contribution in [1.29, 1.82) is 0 Å². The number of nitrogens with two attached hydrogens (primary N) is 1. The molecule has 0 atom stereocenters. The molecule has 0 unspecified atom stereocenters. The molecule has 2 N–H and O–H groups in total. The van der Waals surface area contributed by atoms with Crippen LogP contribution in [0, 0.1) is 3.57 Å².